The summed E-state index contributed by atoms with van der Waals surface area (Å²) in [7, 11) is 1.16. The number of rotatable bonds is 4. The molecular formula is C13H12ClN7O5. The lowest BCUT2D eigenvalue weighted by Crippen LogP contribution is -2.37. The van der Waals surface area contributed by atoms with E-state index in [1.165, 1.54) is 24.1 Å². The first-order valence-electron chi connectivity index (χ1n) is 7.25. The molecule has 26 heavy (non-hydrogen) atoms. The van der Waals surface area contributed by atoms with Crippen LogP contribution in [0.5, 0.6) is 0 Å². The molecule has 1 aliphatic heterocycles. The van der Waals surface area contributed by atoms with Crippen molar-refractivity contribution in [3.8, 4) is 0 Å². The number of azide groups is 1. The van der Waals surface area contributed by atoms with Crippen molar-refractivity contribution in [2.24, 2.45) is 5.11 Å². The van der Waals surface area contributed by atoms with Gasteiger partial charge in [0.1, 0.15) is 17.9 Å². The Bertz CT molecular complexity index is 911. The van der Waals surface area contributed by atoms with Gasteiger partial charge in [0.05, 0.1) is 13.4 Å². The highest BCUT2D eigenvalue weighted by atomic mass is 35.5. The zero-order valence-corrected chi connectivity index (χ0v) is 14.3. The molecule has 2 aromatic heterocycles. The predicted octanol–water partition coefficient (Wildman–Crippen LogP) is 1.16. The summed E-state index contributed by atoms with van der Waals surface area (Å²) in [5.74, 6) is -1.43. The van der Waals surface area contributed by atoms with E-state index in [4.69, 9.17) is 26.6 Å². The van der Waals surface area contributed by atoms with Crippen molar-refractivity contribution in [1.82, 2.24) is 19.5 Å². The number of imidazole rings is 1. The van der Waals surface area contributed by atoms with Gasteiger partial charge in [-0.3, -0.25) is 9.36 Å². The zero-order chi connectivity index (χ0) is 18.8. The Morgan fingerprint density at radius 1 is 1.42 bits per heavy atom. The number of hydrogen-bond acceptors (Lipinski definition) is 9. The van der Waals surface area contributed by atoms with Gasteiger partial charge in [-0.1, -0.05) is 16.7 Å². The number of ether oxygens (including phenoxy) is 3. The molecule has 3 rings (SSSR count). The molecule has 0 bridgehead atoms. The van der Waals surface area contributed by atoms with Gasteiger partial charge in [-0.05, 0) is 5.53 Å². The van der Waals surface area contributed by atoms with Gasteiger partial charge < -0.3 is 14.2 Å². The van der Waals surface area contributed by atoms with Gasteiger partial charge in [-0.25, -0.2) is 19.7 Å². The van der Waals surface area contributed by atoms with Crippen molar-refractivity contribution in [2.75, 3.05) is 7.11 Å². The molecule has 1 aliphatic rings. The van der Waals surface area contributed by atoms with Crippen LogP contribution in [0.4, 0.5) is 0 Å². The molecule has 0 N–H and O–H groups in total. The maximum atomic E-state index is 12.0. The fourth-order valence-corrected chi connectivity index (χ4v) is 2.88. The Kier molecular flexibility index (Phi) is 4.89. The lowest BCUT2D eigenvalue weighted by Gasteiger charge is -2.21. The second kappa shape index (κ2) is 7.12. The van der Waals surface area contributed by atoms with E-state index in [-0.39, 0.29) is 10.8 Å². The third-order valence-electron chi connectivity index (χ3n) is 3.72. The van der Waals surface area contributed by atoms with E-state index < -0.39 is 36.4 Å². The first kappa shape index (κ1) is 17.9. The molecule has 0 aromatic carbocycles. The number of hydrogen-bond donors (Lipinski definition) is 0. The molecule has 2 aromatic rings. The smallest absolute Gasteiger partial charge is 0.335 e. The largest absolute Gasteiger partial charge is 0.467 e. The van der Waals surface area contributed by atoms with Crippen LogP contribution in [0.3, 0.4) is 0 Å². The molecule has 1 saturated heterocycles. The Morgan fingerprint density at radius 3 is 2.85 bits per heavy atom. The van der Waals surface area contributed by atoms with Crippen LogP contribution in [-0.2, 0) is 23.8 Å². The summed E-state index contributed by atoms with van der Waals surface area (Å²) in [5.41, 5.74) is 9.41. The van der Waals surface area contributed by atoms with E-state index >= 15 is 0 Å². The molecule has 0 radical (unpaired) electrons. The van der Waals surface area contributed by atoms with E-state index in [1.807, 2.05) is 0 Å². The Labute approximate surface area is 150 Å². The Morgan fingerprint density at radius 2 is 2.19 bits per heavy atom. The van der Waals surface area contributed by atoms with Crippen molar-refractivity contribution >= 4 is 34.7 Å². The molecule has 136 valence electrons. The van der Waals surface area contributed by atoms with Crippen LogP contribution in [-0.4, -0.2) is 56.8 Å². The van der Waals surface area contributed by atoms with Crippen LogP contribution in [0.15, 0.2) is 17.8 Å². The monoisotopic (exact) mass is 381 g/mol. The van der Waals surface area contributed by atoms with E-state index in [0.717, 1.165) is 7.11 Å². The number of nitrogens with zero attached hydrogens (tertiary/aromatic N) is 7. The van der Waals surface area contributed by atoms with Crippen LogP contribution >= 0.6 is 11.6 Å². The van der Waals surface area contributed by atoms with Gasteiger partial charge in [0.2, 0.25) is 0 Å². The van der Waals surface area contributed by atoms with Gasteiger partial charge >= 0.3 is 11.9 Å². The van der Waals surface area contributed by atoms with E-state index in [9.17, 15) is 9.59 Å². The minimum Gasteiger partial charge on any atom is -0.467 e. The maximum Gasteiger partial charge on any atom is 0.335 e. The summed E-state index contributed by atoms with van der Waals surface area (Å²) in [6.07, 6.45) is -0.867. The first-order valence-corrected chi connectivity index (χ1v) is 7.63. The molecule has 0 saturated carbocycles. The second-order valence-corrected chi connectivity index (χ2v) is 5.59. The van der Waals surface area contributed by atoms with Crippen LogP contribution in [0.2, 0.25) is 5.15 Å². The maximum absolute atomic E-state index is 12.0. The Hall–Kier alpha value is -2.95. The number of carbonyl (C=O) groups is 2. The molecule has 12 nitrogen and oxygen atoms in total. The Balaban J connectivity index is 2.10. The van der Waals surface area contributed by atoms with Crippen molar-refractivity contribution in [3.63, 3.8) is 0 Å². The lowest BCUT2D eigenvalue weighted by atomic mass is 10.1. The van der Waals surface area contributed by atoms with Crippen molar-refractivity contribution < 1.29 is 23.8 Å². The number of carbonyl (C=O) groups excluding carboxylic acids is 2. The molecule has 13 heteroatoms. The fraction of sp³-hybridized carbons (Fsp3) is 0.462. The molecule has 1 fully saturated rings. The van der Waals surface area contributed by atoms with Gasteiger partial charge in [0, 0.05) is 11.8 Å². The third kappa shape index (κ3) is 3.01. The van der Waals surface area contributed by atoms with Crippen LogP contribution in [0.25, 0.3) is 21.6 Å². The lowest BCUT2D eigenvalue weighted by molar-refractivity contribution is -0.157. The van der Waals surface area contributed by atoms with E-state index in [0.29, 0.717) is 5.52 Å². The summed E-state index contributed by atoms with van der Waals surface area (Å²) in [4.78, 5) is 38.3. The quantitative estimate of drug-likeness (QED) is 0.251. The highest BCUT2D eigenvalue weighted by Crippen LogP contribution is 2.36. The molecule has 4 unspecified atom stereocenters. The highest BCUT2D eigenvalue weighted by Gasteiger charge is 2.51. The normalized spacial score (nSPS) is 24.9. The number of aromatic nitrogens is 4. The number of methoxy groups -OCH3 is 1. The minimum atomic E-state index is -1.28. The number of esters is 2. The SMILES string of the molecule is COC(=O)C1OC(n2cnc3c(Cl)ncnc32)C(OC(C)=O)C1N=[N+]=[N-]. The molecule has 0 amide bonds. The highest BCUT2D eigenvalue weighted by molar-refractivity contribution is 6.33. The molecule has 3 heterocycles. The second-order valence-electron chi connectivity index (χ2n) is 5.23. The molecule has 0 aliphatic carbocycles. The van der Waals surface area contributed by atoms with Gasteiger partial charge in [-0.2, -0.15) is 0 Å². The predicted molar refractivity (Wildman–Crippen MR) is 84.7 cm³/mol. The van der Waals surface area contributed by atoms with Gasteiger partial charge in [-0.15, -0.1) is 0 Å². The van der Waals surface area contributed by atoms with Crippen molar-refractivity contribution in [1.29, 1.82) is 0 Å². The average molecular weight is 382 g/mol. The van der Waals surface area contributed by atoms with Crippen molar-refractivity contribution in [3.05, 3.63) is 28.3 Å². The van der Waals surface area contributed by atoms with E-state index in [1.54, 1.807) is 0 Å². The molecule has 4 atom stereocenters. The number of halogens is 1. The minimum absolute atomic E-state index is 0.117. The van der Waals surface area contributed by atoms with Gasteiger partial charge in [0.15, 0.2) is 29.2 Å². The van der Waals surface area contributed by atoms with Crippen molar-refractivity contribution in [2.45, 2.75) is 31.4 Å². The first-order chi connectivity index (χ1) is 12.5. The summed E-state index contributed by atoms with van der Waals surface area (Å²) in [6.45, 7) is 1.18. The van der Waals surface area contributed by atoms with Crippen LogP contribution in [0.1, 0.15) is 13.2 Å². The standard InChI is InChI=1S/C13H12ClN7O5/c1-5(22)25-8-6(19-20-15)9(13(23)24-2)26-12(8)21-4-18-7-10(14)16-3-17-11(7)21/h3-4,6,8-9,12H,1-2H3. The van der Waals surface area contributed by atoms with Gasteiger partial charge in [0.25, 0.3) is 0 Å². The summed E-state index contributed by atoms with van der Waals surface area (Å²) < 4.78 is 17.0. The molecule has 0 spiro atoms. The summed E-state index contributed by atoms with van der Waals surface area (Å²) in [5, 5.41) is 3.67. The van der Waals surface area contributed by atoms with E-state index in [2.05, 4.69) is 29.7 Å². The zero-order valence-electron chi connectivity index (χ0n) is 13.5. The summed E-state index contributed by atoms with van der Waals surface area (Å²) >= 11 is 5.98. The molecular weight excluding hydrogens is 370 g/mol. The topological polar surface area (TPSA) is 154 Å². The number of fused-ring (bicyclic) bond motifs is 1. The van der Waals surface area contributed by atoms with Crippen LogP contribution < -0.4 is 0 Å². The summed E-state index contributed by atoms with van der Waals surface area (Å²) in [6, 6.07) is -1.14. The fourth-order valence-electron chi connectivity index (χ4n) is 2.70. The average Bonchev–Trinajstić information content (AvgIpc) is 3.17. The van der Waals surface area contributed by atoms with Crippen LogP contribution in [0, 0.1) is 0 Å². The third-order valence-corrected chi connectivity index (χ3v) is 4.00.